The zero-order chi connectivity index (χ0) is 19.3. The van der Waals surface area contributed by atoms with Gasteiger partial charge in [0.1, 0.15) is 6.33 Å². The fourth-order valence-corrected chi connectivity index (χ4v) is 3.02. The Labute approximate surface area is 161 Å². The highest BCUT2D eigenvalue weighted by molar-refractivity contribution is 5.91. The largest absolute Gasteiger partial charge is 0.452 e. The van der Waals surface area contributed by atoms with E-state index in [-0.39, 0.29) is 18.6 Å². The second-order valence-corrected chi connectivity index (χ2v) is 6.67. The number of carbonyl (C=O) groups is 2. The van der Waals surface area contributed by atoms with Crippen molar-refractivity contribution in [3.63, 3.8) is 0 Å². The molecule has 0 bridgehead atoms. The van der Waals surface area contributed by atoms with E-state index >= 15 is 0 Å². The van der Waals surface area contributed by atoms with Crippen LogP contribution in [0.4, 0.5) is 0 Å². The highest BCUT2D eigenvalue weighted by atomic mass is 16.5. The number of nitrogens with one attached hydrogen (secondary N) is 1. The third kappa shape index (κ3) is 4.22. The molecule has 3 aromatic rings. The van der Waals surface area contributed by atoms with Crippen molar-refractivity contribution >= 4 is 11.9 Å². The molecule has 1 atom stereocenters. The molecule has 1 unspecified atom stereocenters. The number of benzene rings is 2. The Morgan fingerprint density at radius 3 is 2.50 bits per heavy atom. The molecule has 1 aliphatic carbocycles. The van der Waals surface area contributed by atoms with Crippen molar-refractivity contribution in [1.82, 2.24) is 25.5 Å². The molecule has 142 valence electrons. The lowest BCUT2D eigenvalue weighted by Gasteiger charge is -2.18. The summed E-state index contributed by atoms with van der Waals surface area (Å²) in [6.07, 6.45) is 3.64. The summed E-state index contributed by atoms with van der Waals surface area (Å²) < 4.78 is 6.64. The highest BCUT2D eigenvalue weighted by Gasteiger charge is 2.33. The Hall–Kier alpha value is -3.55. The fraction of sp³-hybridized carbons (Fsp3) is 0.250. The molecular weight excluding hydrogens is 358 g/mol. The van der Waals surface area contributed by atoms with Gasteiger partial charge in [0.05, 0.1) is 17.3 Å². The van der Waals surface area contributed by atoms with Crippen LogP contribution in [0.2, 0.25) is 0 Å². The van der Waals surface area contributed by atoms with Crippen molar-refractivity contribution in [3.05, 3.63) is 72.1 Å². The molecule has 1 N–H and O–H groups in total. The number of hydrogen-bond acceptors (Lipinski definition) is 6. The lowest BCUT2D eigenvalue weighted by atomic mass is 10.0. The normalized spacial score (nSPS) is 14.3. The number of tetrazole rings is 1. The van der Waals surface area contributed by atoms with Crippen molar-refractivity contribution < 1.29 is 14.3 Å². The standard InChI is InChI=1S/C20H19N5O3/c26-18(22-19(15-6-7-15)14-4-2-1-3-5-14)12-28-20(27)16-8-10-17(11-9-16)25-13-21-23-24-25/h1-5,8-11,13,15,19H,6-7,12H2,(H,22,26). The van der Waals surface area contributed by atoms with E-state index in [0.717, 1.165) is 24.1 Å². The van der Waals surface area contributed by atoms with Gasteiger partial charge in [-0.2, -0.15) is 0 Å². The van der Waals surface area contributed by atoms with E-state index in [2.05, 4.69) is 20.8 Å². The van der Waals surface area contributed by atoms with E-state index < -0.39 is 5.97 Å². The zero-order valence-corrected chi connectivity index (χ0v) is 15.1. The second-order valence-electron chi connectivity index (χ2n) is 6.67. The Bertz CT molecular complexity index is 938. The average Bonchev–Trinajstić information content (AvgIpc) is 3.43. The Kier molecular flexibility index (Phi) is 5.09. The molecular formula is C20H19N5O3. The summed E-state index contributed by atoms with van der Waals surface area (Å²) in [5.41, 5.74) is 2.14. The fourth-order valence-electron chi connectivity index (χ4n) is 3.02. The van der Waals surface area contributed by atoms with Crippen LogP contribution in [0.25, 0.3) is 5.69 Å². The van der Waals surface area contributed by atoms with Crippen LogP contribution in [0.3, 0.4) is 0 Å². The molecule has 8 heteroatoms. The van der Waals surface area contributed by atoms with Gasteiger partial charge >= 0.3 is 5.97 Å². The molecule has 0 radical (unpaired) electrons. The number of nitrogens with zero attached hydrogens (tertiary/aromatic N) is 4. The molecule has 1 amide bonds. The minimum atomic E-state index is -0.555. The van der Waals surface area contributed by atoms with Crippen LogP contribution >= 0.6 is 0 Å². The average molecular weight is 377 g/mol. The van der Waals surface area contributed by atoms with Gasteiger partial charge in [0, 0.05) is 0 Å². The molecule has 1 saturated carbocycles. The zero-order valence-electron chi connectivity index (χ0n) is 15.1. The monoisotopic (exact) mass is 377 g/mol. The molecule has 1 aromatic heterocycles. The quantitative estimate of drug-likeness (QED) is 0.633. The molecule has 1 heterocycles. The Morgan fingerprint density at radius 2 is 1.86 bits per heavy atom. The van der Waals surface area contributed by atoms with Crippen molar-refractivity contribution in [2.24, 2.45) is 5.92 Å². The smallest absolute Gasteiger partial charge is 0.338 e. The minimum absolute atomic E-state index is 0.0389. The van der Waals surface area contributed by atoms with E-state index in [0.29, 0.717) is 11.5 Å². The summed E-state index contributed by atoms with van der Waals surface area (Å²) in [4.78, 5) is 24.5. The van der Waals surface area contributed by atoms with Crippen LogP contribution in [-0.4, -0.2) is 38.7 Å². The number of aromatic nitrogens is 4. The Morgan fingerprint density at radius 1 is 1.11 bits per heavy atom. The van der Waals surface area contributed by atoms with Crippen molar-refractivity contribution in [3.8, 4) is 5.69 Å². The summed E-state index contributed by atoms with van der Waals surface area (Å²) in [5, 5.41) is 13.9. The third-order valence-corrected chi connectivity index (χ3v) is 4.62. The summed E-state index contributed by atoms with van der Waals surface area (Å²) in [5.74, 6) is -0.415. The van der Waals surface area contributed by atoms with E-state index in [9.17, 15) is 9.59 Å². The molecule has 0 spiro atoms. The SMILES string of the molecule is O=C(COC(=O)c1ccc(-n2cnnn2)cc1)NC(c1ccccc1)C1CC1. The van der Waals surface area contributed by atoms with Crippen LogP contribution in [0, 0.1) is 5.92 Å². The molecule has 2 aromatic carbocycles. The third-order valence-electron chi connectivity index (χ3n) is 4.62. The first-order chi connectivity index (χ1) is 13.7. The van der Waals surface area contributed by atoms with E-state index in [1.54, 1.807) is 24.3 Å². The molecule has 8 nitrogen and oxygen atoms in total. The lowest BCUT2D eigenvalue weighted by molar-refractivity contribution is -0.125. The number of ether oxygens (including phenoxy) is 1. The van der Waals surface area contributed by atoms with Gasteiger partial charge in [0.25, 0.3) is 5.91 Å². The number of esters is 1. The van der Waals surface area contributed by atoms with Gasteiger partial charge in [-0.25, -0.2) is 9.48 Å². The maximum atomic E-state index is 12.3. The summed E-state index contributed by atoms with van der Waals surface area (Å²) >= 11 is 0. The summed E-state index contributed by atoms with van der Waals surface area (Å²) in [7, 11) is 0. The van der Waals surface area contributed by atoms with Gasteiger partial charge in [0.2, 0.25) is 0 Å². The van der Waals surface area contributed by atoms with Crippen LogP contribution < -0.4 is 5.32 Å². The number of carbonyl (C=O) groups excluding carboxylic acids is 2. The maximum absolute atomic E-state index is 12.3. The number of hydrogen-bond donors (Lipinski definition) is 1. The van der Waals surface area contributed by atoms with Crippen LogP contribution in [-0.2, 0) is 9.53 Å². The van der Waals surface area contributed by atoms with Gasteiger partial charge in [-0.3, -0.25) is 4.79 Å². The summed E-state index contributed by atoms with van der Waals surface area (Å²) in [6, 6.07) is 16.4. The predicted molar refractivity (Wildman–Crippen MR) is 99.5 cm³/mol. The number of amides is 1. The van der Waals surface area contributed by atoms with Gasteiger partial charge in [-0.15, -0.1) is 5.10 Å². The molecule has 1 fully saturated rings. The van der Waals surface area contributed by atoms with E-state index in [1.165, 1.54) is 11.0 Å². The van der Waals surface area contributed by atoms with Crippen LogP contribution in [0.5, 0.6) is 0 Å². The number of rotatable bonds is 7. The van der Waals surface area contributed by atoms with Gasteiger partial charge in [-0.05, 0) is 59.0 Å². The van der Waals surface area contributed by atoms with Crippen molar-refractivity contribution in [1.29, 1.82) is 0 Å². The topological polar surface area (TPSA) is 99.0 Å². The predicted octanol–water partition coefficient (Wildman–Crippen LogP) is 2.09. The van der Waals surface area contributed by atoms with Crippen molar-refractivity contribution in [2.45, 2.75) is 18.9 Å². The maximum Gasteiger partial charge on any atom is 0.338 e. The van der Waals surface area contributed by atoms with E-state index in [1.807, 2.05) is 30.3 Å². The van der Waals surface area contributed by atoms with E-state index in [4.69, 9.17) is 4.74 Å². The summed E-state index contributed by atoms with van der Waals surface area (Å²) in [6.45, 7) is -0.316. The Balaban J connectivity index is 1.32. The first-order valence-electron chi connectivity index (χ1n) is 9.05. The van der Waals surface area contributed by atoms with Crippen molar-refractivity contribution in [2.75, 3.05) is 6.61 Å². The second kappa shape index (κ2) is 7.99. The van der Waals surface area contributed by atoms with Gasteiger partial charge in [0.15, 0.2) is 6.61 Å². The lowest BCUT2D eigenvalue weighted by Crippen LogP contribution is -2.33. The molecule has 28 heavy (non-hydrogen) atoms. The molecule has 4 rings (SSSR count). The van der Waals surface area contributed by atoms with Gasteiger partial charge in [-0.1, -0.05) is 30.3 Å². The molecule has 0 aliphatic heterocycles. The van der Waals surface area contributed by atoms with Crippen LogP contribution in [0.1, 0.15) is 34.8 Å². The minimum Gasteiger partial charge on any atom is -0.452 e. The van der Waals surface area contributed by atoms with Crippen LogP contribution in [0.15, 0.2) is 60.9 Å². The first kappa shape index (κ1) is 17.8. The first-order valence-corrected chi connectivity index (χ1v) is 9.05. The van der Waals surface area contributed by atoms with Gasteiger partial charge < -0.3 is 10.1 Å². The molecule has 1 aliphatic rings. The molecule has 0 saturated heterocycles. The highest BCUT2D eigenvalue weighted by Crippen LogP contribution is 2.40.